The second-order valence-electron chi connectivity index (χ2n) is 7.65. The highest BCUT2D eigenvalue weighted by molar-refractivity contribution is 7.10. The molecule has 29 heavy (non-hydrogen) atoms. The van der Waals surface area contributed by atoms with Crippen LogP contribution in [-0.4, -0.2) is 26.9 Å². The first-order chi connectivity index (χ1) is 13.8. The molecule has 2 heterocycles. The summed E-state index contributed by atoms with van der Waals surface area (Å²) >= 11 is 2.55. The maximum absolute atomic E-state index is 13.5. The van der Waals surface area contributed by atoms with Crippen molar-refractivity contribution < 1.29 is 9.59 Å². The number of hydrogen-bond donors (Lipinski definition) is 1. The number of thiophene rings is 1. The Morgan fingerprint density at radius 1 is 1.21 bits per heavy atom. The van der Waals surface area contributed by atoms with Gasteiger partial charge in [0, 0.05) is 21.5 Å². The molecule has 2 amide bonds. The predicted octanol–water partition coefficient (Wildman–Crippen LogP) is 4.46. The number of rotatable bonds is 6. The zero-order valence-corrected chi connectivity index (χ0v) is 18.5. The minimum atomic E-state index is -0.810. The highest BCUT2D eigenvalue weighted by Crippen LogP contribution is 2.33. The fraction of sp³-hybridized carbons (Fsp3) is 0.333. The van der Waals surface area contributed by atoms with Crippen LogP contribution in [0.25, 0.3) is 0 Å². The summed E-state index contributed by atoms with van der Waals surface area (Å²) in [7, 11) is 0. The molecule has 2 aromatic heterocycles. The lowest BCUT2D eigenvalue weighted by Gasteiger charge is -2.32. The van der Waals surface area contributed by atoms with Gasteiger partial charge in [0.15, 0.2) is 11.7 Å². The molecule has 1 atom stereocenters. The topological polar surface area (TPSA) is 75.2 Å². The van der Waals surface area contributed by atoms with E-state index in [1.807, 2.05) is 62.5 Å². The minimum Gasteiger partial charge on any atom is -0.349 e. The van der Waals surface area contributed by atoms with E-state index in [2.05, 4.69) is 21.8 Å². The molecule has 0 fully saturated rings. The lowest BCUT2D eigenvalue weighted by Crippen LogP contribution is -2.49. The van der Waals surface area contributed by atoms with Gasteiger partial charge < -0.3 is 5.32 Å². The number of carbonyl (C=O) groups is 2. The molecule has 0 radical (unpaired) electrons. The monoisotopic (exact) mass is 428 g/mol. The lowest BCUT2D eigenvalue weighted by molar-refractivity contribution is -0.123. The van der Waals surface area contributed by atoms with Crippen molar-refractivity contribution in [2.75, 3.05) is 4.90 Å². The van der Waals surface area contributed by atoms with Gasteiger partial charge in [-0.15, -0.1) is 16.4 Å². The van der Waals surface area contributed by atoms with E-state index in [1.165, 1.54) is 16.2 Å². The fourth-order valence-electron chi connectivity index (χ4n) is 2.95. The van der Waals surface area contributed by atoms with Crippen molar-refractivity contribution >= 4 is 40.4 Å². The first kappa shape index (κ1) is 21.1. The number of anilines is 1. The Hall–Kier alpha value is -2.58. The molecule has 152 valence electrons. The molecule has 0 aliphatic heterocycles. The second kappa shape index (κ2) is 8.84. The maximum Gasteiger partial charge on any atom is 0.280 e. The number of aryl methyl sites for hydroxylation is 1. The Morgan fingerprint density at radius 3 is 2.59 bits per heavy atom. The molecule has 1 unspecified atom stereocenters. The summed E-state index contributed by atoms with van der Waals surface area (Å²) in [6, 6.07) is 10.7. The molecule has 8 heteroatoms. The van der Waals surface area contributed by atoms with Crippen molar-refractivity contribution in [3.05, 3.63) is 63.3 Å². The third-order valence-electron chi connectivity index (χ3n) is 4.21. The fourth-order valence-corrected chi connectivity index (χ4v) is 4.19. The quantitative estimate of drug-likeness (QED) is 0.629. The summed E-state index contributed by atoms with van der Waals surface area (Å²) in [5.41, 5.74) is 1.53. The molecule has 3 aromatic rings. The highest BCUT2D eigenvalue weighted by atomic mass is 32.1. The van der Waals surface area contributed by atoms with E-state index in [1.54, 1.807) is 5.38 Å². The average Bonchev–Trinajstić information content (AvgIpc) is 3.37. The van der Waals surface area contributed by atoms with Crippen molar-refractivity contribution in [1.29, 1.82) is 0 Å². The van der Waals surface area contributed by atoms with Gasteiger partial charge in [-0.25, -0.2) is 0 Å². The van der Waals surface area contributed by atoms with Crippen LogP contribution in [0.15, 0.2) is 47.2 Å². The van der Waals surface area contributed by atoms with Crippen molar-refractivity contribution in [3.63, 3.8) is 0 Å². The molecule has 3 rings (SSSR count). The third kappa shape index (κ3) is 5.07. The summed E-state index contributed by atoms with van der Waals surface area (Å²) in [6.45, 7) is 7.82. The van der Waals surface area contributed by atoms with Gasteiger partial charge >= 0.3 is 0 Å². The van der Waals surface area contributed by atoms with Crippen LogP contribution in [0.2, 0.25) is 0 Å². The Bertz CT molecular complexity index is 963. The van der Waals surface area contributed by atoms with E-state index in [0.29, 0.717) is 5.69 Å². The number of benzene rings is 1. The van der Waals surface area contributed by atoms with Gasteiger partial charge in [0.2, 0.25) is 5.91 Å². The van der Waals surface area contributed by atoms with Crippen molar-refractivity contribution in [3.8, 4) is 0 Å². The first-order valence-corrected chi connectivity index (χ1v) is 11.1. The maximum atomic E-state index is 13.5. The van der Waals surface area contributed by atoms with Gasteiger partial charge in [0.05, 0.1) is 0 Å². The standard InChI is InChI=1S/C21H24N4O2S2/c1-5-14-8-6-9-15(12-14)25(20(27)16-13-29-24-23-16)18(17-10-7-11-28-17)19(26)22-21(2,3)4/h6-13,18H,5H2,1-4H3,(H,22,26). The van der Waals surface area contributed by atoms with E-state index in [4.69, 9.17) is 0 Å². The van der Waals surface area contributed by atoms with Crippen LogP contribution in [0, 0.1) is 0 Å². The van der Waals surface area contributed by atoms with E-state index in [9.17, 15) is 9.59 Å². The zero-order chi connectivity index (χ0) is 21.0. The Balaban J connectivity index is 2.14. The smallest absolute Gasteiger partial charge is 0.280 e. The number of carbonyl (C=O) groups excluding carboxylic acids is 2. The van der Waals surface area contributed by atoms with Gasteiger partial charge in [-0.3, -0.25) is 14.5 Å². The molecule has 0 spiro atoms. The average molecular weight is 429 g/mol. The van der Waals surface area contributed by atoms with Gasteiger partial charge in [-0.1, -0.05) is 29.6 Å². The molecule has 0 saturated heterocycles. The second-order valence-corrected chi connectivity index (χ2v) is 9.24. The van der Waals surface area contributed by atoms with Crippen molar-refractivity contribution in [1.82, 2.24) is 14.9 Å². The van der Waals surface area contributed by atoms with E-state index in [0.717, 1.165) is 28.4 Å². The molecule has 0 saturated carbocycles. The lowest BCUT2D eigenvalue weighted by atomic mass is 10.0. The highest BCUT2D eigenvalue weighted by Gasteiger charge is 2.36. The van der Waals surface area contributed by atoms with Crippen molar-refractivity contribution in [2.45, 2.75) is 45.7 Å². The van der Waals surface area contributed by atoms with Crippen LogP contribution in [0.1, 0.15) is 54.7 Å². The number of hydrogen-bond acceptors (Lipinski definition) is 6. The van der Waals surface area contributed by atoms with Crippen molar-refractivity contribution in [2.24, 2.45) is 0 Å². The van der Waals surface area contributed by atoms with Crippen LogP contribution in [0.5, 0.6) is 0 Å². The number of nitrogens with one attached hydrogen (secondary N) is 1. The Kier molecular flexibility index (Phi) is 6.44. The summed E-state index contributed by atoms with van der Waals surface area (Å²) in [5, 5.41) is 10.5. The molecule has 6 nitrogen and oxygen atoms in total. The van der Waals surface area contributed by atoms with Gasteiger partial charge in [0.25, 0.3) is 5.91 Å². The Morgan fingerprint density at radius 2 is 2.00 bits per heavy atom. The van der Waals surface area contributed by atoms with E-state index in [-0.39, 0.29) is 17.5 Å². The van der Waals surface area contributed by atoms with Crippen LogP contribution in [-0.2, 0) is 11.2 Å². The third-order valence-corrected chi connectivity index (χ3v) is 5.64. The van der Waals surface area contributed by atoms with Crippen LogP contribution >= 0.6 is 22.9 Å². The molecule has 0 aliphatic rings. The molecule has 0 aliphatic carbocycles. The molecular formula is C21H24N4O2S2. The van der Waals surface area contributed by atoms with E-state index < -0.39 is 11.6 Å². The summed E-state index contributed by atoms with van der Waals surface area (Å²) < 4.78 is 3.83. The molecular weight excluding hydrogens is 404 g/mol. The molecule has 0 bridgehead atoms. The van der Waals surface area contributed by atoms with Crippen LogP contribution in [0.4, 0.5) is 5.69 Å². The Labute approximate surface area is 178 Å². The summed E-state index contributed by atoms with van der Waals surface area (Å²) in [6.07, 6.45) is 0.825. The van der Waals surface area contributed by atoms with Crippen LogP contribution in [0.3, 0.4) is 0 Å². The SMILES string of the molecule is CCc1cccc(N(C(=O)c2csnn2)C(C(=O)NC(C)(C)C)c2cccs2)c1. The predicted molar refractivity (Wildman–Crippen MR) is 117 cm³/mol. The zero-order valence-electron chi connectivity index (χ0n) is 16.9. The van der Waals surface area contributed by atoms with E-state index >= 15 is 0 Å². The number of nitrogens with zero attached hydrogens (tertiary/aromatic N) is 3. The molecule has 1 aromatic carbocycles. The van der Waals surface area contributed by atoms with Gasteiger partial charge in [-0.2, -0.15) is 0 Å². The first-order valence-electron chi connectivity index (χ1n) is 9.35. The van der Waals surface area contributed by atoms with Gasteiger partial charge in [-0.05, 0) is 67.9 Å². The number of amides is 2. The van der Waals surface area contributed by atoms with Crippen LogP contribution < -0.4 is 10.2 Å². The largest absolute Gasteiger partial charge is 0.349 e. The number of aromatic nitrogens is 2. The normalized spacial score (nSPS) is 12.4. The summed E-state index contributed by atoms with van der Waals surface area (Å²) in [4.78, 5) is 29.1. The summed E-state index contributed by atoms with van der Waals surface area (Å²) in [5.74, 6) is -0.590. The van der Waals surface area contributed by atoms with Gasteiger partial charge in [0.1, 0.15) is 0 Å². The minimum absolute atomic E-state index is 0.224. The molecule has 1 N–H and O–H groups in total.